The van der Waals surface area contributed by atoms with Gasteiger partial charge in [0.2, 0.25) is 5.91 Å². The normalized spacial score (nSPS) is 18.1. The van der Waals surface area contributed by atoms with Crippen LogP contribution in [0.4, 0.5) is 0 Å². The molecule has 9 heteroatoms. The van der Waals surface area contributed by atoms with Gasteiger partial charge in [0.25, 0.3) is 0 Å². The average Bonchev–Trinajstić information content (AvgIpc) is 3.56. The van der Waals surface area contributed by atoms with E-state index in [1.54, 1.807) is 5.57 Å². The van der Waals surface area contributed by atoms with Gasteiger partial charge >= 0.3 is 0 Å². The van der Waals surface area contributed by atoms with Crippen molar-refractivity contribution < 1.29 is 14.3 Å². The van der Waals surface area contributed by atoms with E-state index in [4.69, 9.17) is 10.5 Å². The Kier molecular flexibility index (Phi) is 8.83. The van der Waals surface area contributed by atoms with Gasteiger partial charge in [0.1, 0.15) is 5.82 Å². The molecule has 2 aliphatic rings. The van der Waals surface area contributed by atoms with Crippen molar-refractivity contribution in [3.63, 3.8) is 0 Å². The van der Waals surface area contributed by atoms with Crippen molar-refractivity contribution in [3.8, 4) is 0 Å². The topological polar surface area (TPSA) is 105 Å². The molecule has 1 atom stereocenters. The number of ketones is 1. The summed E-state index contributed by atoms with van der Waals surface area (Å²) in [5, 5.41) is 9.31. The number of aryl methyl sites for hydroxylation is 2. The van der Waals surface area contributed by atoms with Crippen molar-refractivity contribution in [2.24, 2.45) is 5.73 Å². The number of Topliss-reactive ketones (excluding diaryl/α,β-unsaturated/α-hetero) is 1. The summed E-state index contributed by atoms with van der Waals surface area (Å²) in [4.78, 5) is 24.5. The van der Waals surface area contributed by atoms with Crippen LogP contribution in [0.25, 0.3) is 0 Å². The second-order valence-corrected chi connectivity index (χ2v) is 10.6. The average molecular weight is 500 g/mol. The molecule has 3 heterocycles. The summed E-state index contributed by atoms with van der Waals surface area (Å²) in [6, 6.07) is 2.02. The molecule has 0 saturated carbocycles. The largest absolute Gasteiger partial charge is 0.376 e. The number of thioether (sulfide) groups is 1. The number of carbonyl (C=O) groups excluding carboxylic acids is 2. The molecule has 1 amide bonds. The molecular weight excluding hydrogens is 462 g/mol. The van der Waals surface area contributed by atoms with Gasteiger partial charge < -0.3 is 19.6 Å². The van der Waals surface area contributed by atoms with E-state index in [9.17, 15) is 9.59 Å². The Morgan fingerprint density at radius 3 is 2.74 bits per heavy atom. The zero-order chi connectivity index (χ0) is 24.8. The third-order valence-corrected chi connectivity index (χ3v) is 8.01. The molecular formula is C26H37N5O3S. The van der Waals surface area contributed by atoms with E-state index in [1.807, 2.05) is 17.6 Å². The molecule has 2 N–H and O–H groups in total. The number of allylic oxidation sites excluding steroid dienone is 2. The number of nitrogens with zero attached hydrogens (tertiary/aromatic N) is 4. The van der Waals surface area contributed by atoms with E-state index >= 15 is 0 Å². The Hall–Kier alpha value is -2.39. The van der Waals surface area contributed by atoms with Crippen LogP contribution in [-0.2, 0) is 29.0 Å². The number of primary amides is 1. The first kappa shape index (κ1) is 25.7. The van der Waals surface area contributed by atoms with E-state index < -0.39 is 0 Å². The van der Waals surface area contributed by atoms with E-state index in [1.165, 1.54) is 37.4 Å². The first-order valence-corrected chi connectivity index (χ1v) is 13.7. The Morgan fingerprint density at radius 1 is 1.17 bits per heavy atom. The zero-order valence-corrected chi connectivity index (χ0v) is 21.7. The van der Waals surface area contributed by atoms with Gasteiger partial charge in [0.05, 0.1) is 18.4 Å². The van der Waals surface area contributed by atoms with E-state index in [0.29, 0.717) is 23.9 Å². The van der Waals surface area contributed by atoms with Crippen LogP contribution in [0.1, 0.15) is 78.9 Å². The lowest BCUT2D eigenvalue weighted by Crippen LogP contribution is -2.19. The fourth-order valence-electron chi connectivity index (χ4n) is 5.04. The number of rotatable bonds is 12. The van der Waals surface area contributed by atoms with Crippen LogP contribution in [-0.4, -0.2) is 49.5 Å². The van der Waals surface area contributed by atoms with Crippen molar-refractivity contribution in [3.05, 3.63) is 40.5 Å². The van der Waals surface area contributed by atoms with Crippen LogP contribution in [0.3, 0.4) is 0 Å². The molecule has 1 aliphatic carbocycles. The van der Waals surface area contributed by atoms with Gasteiger partial charge in [-0.15, -0.1) is 10.2 Å². The maximum absolute atomic E-state index is 13.2. The second-order valence-electron chi connectivity index (χ2n) is 9.62. The monoisotopic (exact) mass is 499 g/mol. The lowest BCUT2D eigenvalue weighted by atomic mass is 9.97. The predicted octanol–water partition coefficient (Wildman–Crippen LogP) is 4.16. The lowest BCUT2D eigenvalue weighted by molar-refractivity contribution is -0.118. The highest BCUT2D eigenvalue weighted by molar-refractivity contribution is 7.99. The summed E-state index contributed by atoms with van der Waals surface area (Å²) in [6.45, 7) is 6.43. The molecule has 8 nitrogen and oxygen atoms in total. The summed E-state index contributed by atoms with van der Waals surface area (Å²) in [6.07, 6.45) is 11.2. The van der Waals surface area contributed by atoms with E-state index in [-0.39, 0.29) is 30.0 Å². The molecule has 1 aliphatic heterocycles. The fraction of sp³-hybridized carbons (Fsp3) is 0.615. The van der Waals surface area contributed by atoms with Crippen LogP contribution < -0.4 is 5.73 Å². The summed E-state index contributed by atoms with van der Waals surface area (Å²) < 4.78 is 10.1. The number of aromatic nitrogens is 4. The fourth-order valence-corrected chi connectivity index (χ4v) is 5.89. The third kappa shape index (κ3) is 6.64. The Morgan fingerprint density at radius 2 is 2.03 bits per heavy atom. The molecule has 0 radical (unpaired) electrons. The Balaban J connectivity index is 1.42. The van der Waals surface area contributed by atoms with Crippen LogP contribution in [0.2, 0.25) is 0 Å². The summed E-state index contributed by atoms with van der Waals surface area (Å²) in [5.74, 6) is 0.728. The van der Waals surface area contributed by atoms with Crippen molar-refractivity contribution in [2.45, 2.75) is 96.0 Å². The van der Waals surface area contributed by atoms with Crippen LogP contribution >= 0.6 is 11.8 Å². The quantitative estimate of drug-likeness (QED) is 0.267. The molecule has 2 aromatic rings. The van der Waals surface area contributed by atoms with Gasteiger partial charge in [-0.1, -0.05) is 23.4 Å². The predicted molar refractivity (Wildman–Crippen MR) is 137 cm³/mol. The minimum atomic E-state index is -0.365. The maximum Gasteiger partial charge on any atom is 0.217 e. The van der Waals surface area contributed by atoms with Crippen molar-refractivity contribution in [1.82, 2.24) is 19.3 Å². The minimum absolute atomic E-state index is 0.0941. The first-order valence-electron chi connectivity index (χ1n) is 12.7. The van der Waals surface area contributed by atoms with Gasteiger partial charge in [-0.05, 0) is 64.9 Å². The van der Waals surface area contributed by atoms with E-state index in [0.717, 1.165) is 49.4 Å². The number of ether oxygens (including phenoxy) is 1. The SMILES string of the molecule is Cc1cc(C(=O)CSc2nnc(CCC(N)=O)n2C[C@@H]2CCCO2)c(C)n1CCC1=CCCCC1. The molecule has 0 bridgehead atoms. The highest BCUT2D eigenvalue weighted by Crippen LogP contribution is 2.26. The van der Waals surface area contributed by atoms with Crippen molar-refractivity contribution >= 4 is 23.5 Å². The molecule has 0 spiro atoms. The Labute approximate surface area is 211 Å². The summed E-state index contributed by atoms with van der Waals surface area (Å²) in [7, 11) is 0. The zero-order valence-electron chi connectivity index (χ0n) is 20.9. The maximum atomic E-state index is 13.2. The molecule has 1 saturated heterocycles. The van der Waals surface area contributed by atoms with Gasteiger partial charge in [0, 0.05) is 42.9 Å². The third-order valence-electron chi connectivity index (χ3n) is 7.05. The van der Waals surface area contributed by atoms with Crippen molar-refractivity contribution in [1.29, 1.82) is 0 Å². The minimum Gasteiger partial charge on any atom is -0.376 e. The molecule has 1 fully saturated rings. The number of hydrogen-bond donors (Lipinski definition) is 1. The first-order chi connectivity index (χ1) is 16.9. The van der Waals surface area contributed by atoms with Gasteiger partial charge in [0.15, 0.2) is 10.9 Å². The molecule has 0 unspecified atom stereocenters. The molecule has 35 heavy (non-hydrogen) atoms. The molecule has 4 rings (SSSR count). The number of hydrogen-bond acceptors (Lipinski definition) is 6. The van der Waals surface area contributed by atoms with Gasteiger partial charge in [-0.25, -0.2) is 0 Å². The Bertz CT molecular complexity index is 1080. The van der Waals surface area contributed by atoms with Crippen LogP contribution in [0.15, 0.2) is 22.9 Å². The van der Waals surface area contributed by atoms with Crippen LogP contribution in [0, 0.1) is 13.8 Å². The summed E-state index contributed by atoms with van der Waals surface area (Å²) >= 11 is 1.40. The van der Waals surface area contributed by atoms with E-state index in [2.05, 4.69) is 27.8 Å². The molecule has 190 valence electrons. The highest BCUT2D eigenvalue weighted by Gasteiger charge is 2.23. The standard InChI is InChI=1S/C26H37N5O3S/c1-18-15-22(19(2)30(18)13-12-20-7-4-3-5-8-20)23(32)17-35-26-29-28-25(11-10-24(27)33)31(26)16-21-9-6-14-34-21/h7,15,21H,3-6,8-14,16-17H2,1-2H3,(H2,27,33)/t21-/m0/s1. The van der Waals surface area contributed by atoms with Crippen molar-refractivity contribution in [2.75, 3.05) is 12.4 Å². The van der Waals surface area contributed by atoms with Crippen LogP contribution in [0.5, 0.6) is 0 Å². The lowest BCUT2D eigenvalue weighted by Gasteiger charge is -2.15. The number of nitrogens with two attached hydrogens (primary N) is 1. The molecule has 2 aromatic heterocycles. The van der Waals surface area contributed by atoms with Gasteiger partial charge in [-0.3, -0.25) is 9.59 Å². The summed E-state index contributed by atoms with van der Waals surface area (Å²) in [5.41, 5.74) is 9.83. The highest BCUT2D eigenvalue weighted by atomic mass is 32.2. The number of carbonyl (C=O) groups is 2. The second kappa shape index (κ2) is 12.0. The van der Waals surface area contributed by atoms with Gasteiger partial charge in [-0.2, -0.15) is 0 Å². The number of amides is 1. The smallest absolute Gasteiger partial charge is 0.217 e. The molecule has 0 aromatic carbocycles.